The Morgan fingerprint density at radius 1 is 1.20 bits per heavy atom. The maximum Gasteiger partial charge on any atom is 0.230 e. The first-order valence-electron chi connectivity index (χ1n) is 6.35. The van der Waals surface area contributed by atoms with Crippen LogP contribution in [0.25, 0.3) is 0 Å². The van der Waals surface area contributed by atoms with Crippen molar-refractivity contribution in [3.8, 4) is 0 Å². The summed E-state index contributed by atoms with van der Waals surface area (Å²) in [4.78, 5) is 24.4. The van der Waals surface area contributed by atoms with Crippen molar-refractivity contribution in [2.45, 2.75) is 6.42 Å². The summed E-state index contributed by atoms with van der Waals surface area (Å²) in [6.45, 7) is 2.74. The van der Waals surface area contributed by atoms with Gasteiger partial charge >= 0.3 is 0 Å². The number of aromatic nitrogens is 6. The van der Waals surface area contributed by atoms with E-state index < -0.39 is 0 Å². The molecule has 9 heteroatoms. The van der Waals surface area contributed by atoms with Gasteiger partial charge in [-0.15, -0.1) is 10.2 Å². The van der Waals surface area contributed by atoms with Crippen molar-refractivity contribution in [2.24, 2.45) is 0 Å². The predicted octanol–water partition coefficient (Wildman–Crippen LogP) is -1.12. The summed E-state index contributed by atoms with van der Waals surface area (Å²) in [7, 11) is 0. The number of hydrogen-bond donors (Lipinski definition) is 1. The third-order valence-corrected chi connectivity index (χ3v) is 3.17. The van der Waals surface area contributed by atoms with Crippen LogP contribution < -0.4 is 4.90 Å². The van der Waals surface area contributed by atoms with Crippen molar-refractivity contribution in [3.05, 3.63) is 24.3 Å². The van der Waals surface area contributed by atoms with Crippen molar-refractivity contribution in [3.63, 3.8) is 0 Å². The number of aromatic amines is 1. The molecule has 3 heterocycles. The molecule has 104 valence electrons. The molecule has 0 spiro atoms. The monoisotopic (exact) mass is 274 g/mol. The maximum absolute atomic E-state index is 12.1. The van der Waals surface area contributed by atoms with Crippen molar-refractivity contribution < 1.29 is 4.79 Å². The van der Waals surface area contributed by atoms with Gasteiger partial charge in [0, 0.05) is 38.6 Å². The summed E-state index contributed by atoms with van der Waals surface area (Å²) in [6.07, 6.45) is 3.62. The smallest absolute Gasteiger partial charge is 0.230 e. The van der Waals surface area contributed by atoms with Crippen LogP contribution in [-0.2, 0) is 11.2 Å². The maximum atomic E-state index is 12.1. The minimum atomic E-state index is 0.0139. The van der Waals surface area contributed by atoms with Crippen LogP contribution in [0.5, 0.6) is 0 Å². The molecule has 1 fully saturated rings. The highest BCUT2D eigenvalue weighted by Gasteiger charge is 2.23. The van der Waals surface area contributed by atoms with E-state index in [4.69, 9.17) is 0 Å². The van der Waals surface area contributed by atoms with E-state index in [1.165, 1.54) is 0 Å². The number of rotatable bonds is 3. The SMILES string of the molecule is O=C(Cc1nn[nH]n1)N1CCN(c2ncccn2)CC1. The highest BCUT2D eigenvalue weighted by atomic mass is 16.2. The molecule has 0 radical (unpaired) electrons. The van der Waals surface area contributed by atoms with Crippen LogP contribution in [0.15, 0.2) is 18.5 Å². The minimum absolute atomic E-state index is 0.0139. The lowest BCUT2D eigenvalue weighted by Gasteiger charge is -2.34. The molecule has 0 unspecified atom stereocenters. The van der Waals surface area contributed by atoms with Crippen LogP contribution in [0.2, 0.25) is 0 Å². The van der Waals surface area contributed by atoms with Gasteiger partial charge < -0.3 is 9.80 Å². The summed E-state index contributed by atoms with van der Waals surface area (Å²) in [5, 5.41) is 13.4. The molecule has 0 aliphatic carbocycles. The second-order valence-electron chi connectivity index (χ2n) is 4.42. The highest BCUT2D eigenvalue weighted by Crippen LogP contribution is 2.10. The molecule has 1 aliphatic heterocycles. The number of anilines is 1. The molecule has 1 N–H and O–H groups in total. The van der Waals surface area contributed by atoms with Crippen LogP contribution in [0.3, 0.4) is 0 Å². The first-order chi connectivity index (χ1) is 9.83. The number of tetrazole rings is 1. The van der Waals surface area contributed by atoms with Gasteiger partial charge in [0.05, 0.1) is 6.42 Å². The van der Waals surface area contributed by atoms with Crippen LogP contribution in [-0.4, -0.2) is 67.6 Å². The molecule has 9 nitrogen and oxygen atoms in total. The third-order valence-electron chi connectivity index (χ3n) is 3.17. The van der Waals surface area contributed by atoms with Crippen LogP contribution in [0.4, 0.5) is 5.95 Å². The van der Waals surface area contributed by atoms with Gasteiger partial charge in [0.2, 0.25) is 11.9 Å². The van der Waals surface area contributed by atoms with Crippen molar-refractivity contribution in [1.82, 2.24) is 35.5 Å². The molecule has 2 aromatic heterocycles. The summed E-state index contributed by atoms with van der Waals surface area (Å²) in [5.41, 5.74) is 0. The normalized spacial score (nSPS) is 15.4. The predicted molar refractivity (Wildman–Crippen MR) is 68.7 cm³/mol. The molecule has 1 aliphatic rings. The Hall–Kier alpha value is -2.58. The zero-order chi connectivity index (χ0) is 13.8. The molecule has 0 bridgehead atoms. The van der Waals surface area contributed by atoms with Gasteiger partial charge in [-0.2, -0.15) is 5.21 Å². The first kappa shape index (κ1) is 12.5. The fourth-order valence-electron chi connectivity index (χ4n) is 2.11. The average molecular weight is 274 g/mol. The molecular weight excluding hydrogens is 260 g/mol. The van der Waals surface area contributed by atoms with E-state index in [0.717, 1.165) is 13.1 Å². The van der Waals surface area contributed by atoms with E-state index >= 15 is 0 Å². The minimum Gasteiger partial charge on any atom is -0.339 e. The molecule has 1 amide bonds. The lowest BCUT2D eigenvalue weighted by Crippen LogP contribution is -2.49. The number of carbonyl (C=O) groups excluding carboxylic acids is 1. The molecule has 3 rings (SSSR count). The Labute approximate surface area is 115 Å². The van der Waals surface area contributed by atoms with E-state index in [1.54, 1.807) is 23.4 Å². The van der Waals surface area contributed by atoms with Crippen LogP contribution >= 0.6 is 0 Å². The first-order valence-corrected chi connectivity index (χ1v) is 6.35. The average Bonchev–Trinajstić information content (AvgIpc) is 3.01. The molecule has 2 aromatic rings. The highest BCUT2D eigenvalue weighted by molar-refractivity contribution is 5.78. The van der Waals surface area contributed by atoms with Crippen molar-refractivity contribution in [1.29, 1.82) is 0 Å². The Balaban J connectivity index is 1.54. The van der Waals surface area contributed by atoms with Gasteiger partial charge in [-0.1, -0.05) is 5.21 Å². The molecular formula is C11H14N8O. The number of nitrogens with one attached hydrogen (secondary N) is 1. The fraction of sp³-hybridized carbons (Fsp3) is 0.455. The van der Waals surface area contributed by atoms with Gasteiger partial charge in [0.15, 0.2) is 5.82 Å². The molecule has 1 saturated heterocycles. The van der Waals surface area contributed by atoms with Crippen LogP contribution in [0, 0.1) is 0 Å². The summed E-state index contributed by atoms with van der Waals surface area (Å²) in [5.74, 6) is 1.14. The summed E-state index contributed by atoms with van der Waals surface area (Å²) < 4.78 is 0. The summed E-state index contributed by atoms with van der Waals surface area (Å²) >= 11 is 0. The van der Waals surface area contributed by atoms with Gasteiger partial charge in [-0.05, 0) is 6.07 Å². The number of hydrogen-bond acceptors (Lipinski definition) is 7. The molecule has 20 heavy (non-hydrogen) atoms. The Bertz CT molecular complexity index is 549. The van der Waals surface area contributed by atoms with Crippen molar-refractivity contribution in [2.75, 3.05) is 31.1 Å². The van der Waals surface area contributed by atoms with Gasteiger partial charge in [-0.3, -0.25) is 4.79 Å². The van der Waals surface area contributed by atoms with Crippen LogP contribution in [0.1, 0.15) is 5.82 Å². The molecule has 0 atom stereocenters. The topological polar surface area (TPSA) is 104 Å². The molecule has 0 saturated carbocycles. The van der Waals surface area contributed by atoms with E-state index in [-0.39, 0.29) is 12.3 Å². The number of piperazine rings is 1. The van der Waals surface area contributed by atoms with E-state index in [9.17, 15) is 4.79 Å². The lowest BCUT2D eigenvalue weighted by atomic mass is 10.3. The largest absolute Gasteiger partial charge is 0.339 e. The van der Waals surface area contributed by atoms with E-state index in [0.29, 0.717) is 24.9 Å². The number of nitrogens with zero attached hydrogens (tertiary/aromatic N) is 7. The van der Waals surface area contributed by atoms with E-state index in [1.807, 2.05) is 0 Å². The standard InChI is InChI=1S/C11H14N8O/c20-10(8-9-14-16-17-15-9)18-4-6-19(7-5-18)11-12-2-1-3-13-11/h1-3H,4-8H2,(H,14,15,16,17). The quantitative estimate of drug-likeness (QED) is 0.756. The fourth-order valence-corrected chi connectivity index (χ4v) is 2.11. The zero-order valence-electron chi connectivity index (χ0n) is 10.8. The zero-order valence-corrected chi connectivity index (χ0v) is 10.8. The number of H-pyrrole nitrogens is 1. The van der Waals surface area contributed by atoms with Crippen molar-refractivity contribution >= 4 is 11.9 Å². The Kier molecular flexibility index (Phi) is 3.48. The Morgan fingerprint density at radius 3 is 2.60 bits per heavy atom. The van der Waals surface area contributed by atoms with E-state index in [2.05, 4.69) is 35.5 Å². The number of carbonyl (C=O) groups is 1. The molecule has 0 aromatic carbocycles. The summed E-state index contributed by atoms with van der Waals surface area (Å²) in [6, 6.07) is 1.79. The van der Waals surface area contributed by atoms with Gasteiger partial charge in [-0.25, -0.2) is 9.97 Å². The third kappa shape index (κ3) is 2.71. The second-order valence-corrected chi connectivity index (χ2v) is 4.42. The number of amides is 1. The Morgan fingerprint density at radius 2 is 1.95 bits per heavy atom. The second kappa shape index (κ2) is 5.59. The van der Waals surface area contributed by atoms with Gasteiger partial charge in [0.25, 0.3) is 0 Å². The lowest BCUT2D eigenvalue weighted by molar-refractivity contribution is -0.130. The van der Waals surface area contributed by atoms with Gasteiger partial charge in [0.1, 0.15) is 0 Å².